The molecule has 0 saturated carbocycles. The molecule has 0 bridgehead atoms. The molecule has 0 aliphatic carbocycles. The van der Waals surface area contributed by atoms with Crippen LogP contribution in [0.2, 0.25) is 5.02 Å². The van der Waals surface area contributed by atoms with Crippen molar-refractivity contribution in [2.24, 2.45) is 15.7 Å². The summed E-state index contributed by atoms with van der Waals surface area (Å²) < 4.78 is 2.06. The highest BCUT2D eigenvalue weighted by atomic mass is 35.5. The highest BCUT2D eigenvalue weighted by molar-refractivity contribution is 6.36. The van der Waals surface area contributed by atoms with Crippen LogP contribution in [-0.4, -0.2) is 45.0 Å². The van der Waals surface area contributed by atoms with E-state index in [1.807, 2.05) is 49.4 Å². The van der Waals surface area contributed by atoms with Crippen LogP contribution in [0.3, 0.4) is 0 Å². The third-order valence-electron chi connectivity index (χ3n) is 5.73. The summed E-state index contributed by atoms with van der Waals surface area (Å²) in [6, 6.07) is 15.5. The number of halogens is 1. The number of nitrogens with two attached hydrogens (primary N) is 2. The molecule has 0 fully saturated rings. The van der Waals surface area contributed by atoms with Gasteiger partial charge in [0.1, 0.15) is 11.3 Å². The van der Waals surface area contributed by atoms with Gasteiger partial charge in [0.15, 0.2) is 0 Å². The first-order valence-electron chi connectivity index (χ1n) is 10.8. The van der Waals surface area contributed by atoms with E-state index in [9.17, 15) is 0 Å². The normalized spacial score (nSPS) is 12.1. The minimum absolute atomic E-state index is 0.269. The maximum absolute atomic E-state index is 6.63. The number of hydrogen-bond acceptors (Lipinski definition) is 4. The van der Waals surface area contributed by atoms with Gasteiger partial charge in [-0.15, -0.1) is 0 Å². The van der Waals surface area contributed by atoms with Crippen molar-refractivity contribution in [1.82, 2.24) is 19.5 Å². The van der Waals surface area contributed by atoms with Gasteiger partial charge in [-0.05, 0) is 65.5 Å². The predicted octanol–water partition coefficient (Wildman–Crippen LogP) is 3.14. The molecule has 3 heterocycles. The molecule has 0 amide bonds. The Hall–Kier alpha value is -4.43. The van der Waals surface area contributed by atoms with Gasteiger partial charge in [-0.2, -0.15) is 0 Å². The third kappa shape index (κ3) is 3.94. The summed E-state index contributed by atoms with van der Waals surface area (Å²) in [7, 11) is 1.71. The van der Waals surface area contributed by atoms with E-state index in [2.05, 4.69) is 30.6 Å². The summed E-state index contributed by atoms with van der Waals surface area (Å²) in [6.07, 6.45) is 6.40. The molecule has 9 heteroatoms. The second kappa shape index (κ2) is 9.08. The summed E-state index contributed by atoms with van der Waals surface area (Å²) >= 11 is 6.63. The van der Waals surface area contributed by atoms with Crippen LogP contribution in [0.4, 0.5) is 0 Å². The second-order valence-electron chi connectivity index (χ2n) is 7.87. The minimum Gasteiger partial charge on any atom is -0.362 e. The maximum Gasteiger partial charge on any atom is 0.279 e. The first kappa shape index (κ1) is 22.4. The molecule has 0 spiro atoms. The summed E-state index contributed by atoms with van der Waals surface area (Å²) in [5.74, 6) is 1.04. The summed E-state index contributed by atoms with van der Waals surface area (Å²) in [4.78, 5) is 21.9. The fourth-order valence-corrected chi connectivity index (χ4v) is 4.54. The van der Waals surface area contributed by atoms with Gasteiger partial charge in [0.25, 0.3) is 6.34 Å². The lowest BCUT2D eigenvalue weighted by molar-refractivity contribution is -0.106. The van der Waals surface area contributed by atoms with Crippen molar-refractivity contribution >= 4 is 51.9 Å². The van der Waals surface area contributed by atoms with Gasteiger partial charge in [0.2, 0.25) is 5.84 Å². The Morgan fingerprint density at radius 3 is 2.71 bits per heavy atom. The molecule has 0 aliphatic heterocycles. The maximum atomic E-state index is 6.63. The first-order chi connectivity index (χ1) is 17.0. The first-order valence-corrected chi connectivity index (χ1v) is 11.2. The average Bonchev–Trinajstić information content (AvgIpc) is 3.19. The van der Waals surface area contributed by atoms with Crippen LogP contribution in [0.25, 0.3) is 38.8 Å². The number of benzene rings is 2. The van der Waals surface area contributed by atoms with Gasteiger partial charge in [0, 0.05) is 31.0 Å². The van der Waals surface area contributed by atoms with E-state index in [1.165, 1.54) is 6.34 Å². The summed E-state index contributed by atoms with van der Waals surface area (Å²) in [6.45, 7) is 1.94. The molecule has 0 radical (unpaired) electrons. The number of fused-ring (bicyclic) bond motifs is 2. The Bertz CT molecular complexity index is 1660. The van der Waals surface area contributed by atoms with E-state index in [-0.39, 0.29) is 5.84 Å². The van der Waals surface area contributed by atoms with E-state index >= 15 is 0 Å². The Labute approximate surface area is 206 Å². The van der Waals surface area contributed by atoms with Crippen molar-refractivity contribution in [2.75, 3.05) is 7.05 Å². The number of imidazole rings is 1. The van der Waals surface area contributed by atoms with Crippen LogP contribution in [-0.2, 0) is 0 Å². The predicted molar refractivity (Wildman–Crippen MR) is 142 cm³/mol. The van der Waals surface area contributed by atoms with Crippen molar-refractivity contribution < 1.29 is 5.41 Å². The van der Waals surface area contributed by atoms with Crippen molar-refractivity contribution in [3.05, 3.63) is 83.0 Å². The highest BCUT2D eigenvalue weighted by Crippen LogP contribution is 2.34. The van der Waals surface area contributed by atoms with E-state index < -0.39 is 0 Å². The number of amidine groups is 1. The Balaban J connectivity index is 1.87. The molecule has 8 nitrogen and oxygen atoms in total. The van der Waals surface area contributed by atoms with Gasteiger partial charge < -0.3 is 5.73 Å². The molecule has 3 aromatic heterocycles. The zero-order valence-electron chi connectivity index (χ0n) is 19.1. The number of pyridine rings is 2. The monoisotopic (exact) mass is 481 g/mol. The number of rotatable bonds is 5. The van der Waals surface area contributed by atoms with Gasteiger partial charge >= 0.3 is 0 Å². The SMILES string of the molecule is CN=Cc1cc(-c2cc(C(N)=NC=[NH2+])c3nc(C)n(-c4ccnc5cccc(Cl)c45)c3c2)ccn1. The zero-order valence-corrected chi connectivity index (χ0v) is 19.9. The average molecular weight is 482 g/mol. The number of hydrogen-bond donors (Lipinski definition) is 2. The topological polar surface area (TPSA) is 120 Å². The summed E-state index contributed by atoms with van der Waals surface area (Å²) in [5, 5.41) is 7.01. The van der Waals surface area contributed by atoms with Crippen LogP contribution in [0.15, 0.2) is 70.9 Å². The lowest BCUT2D eigenvalue weighted by Gasteiger charge is -2.13. The molecular weight excluding hydrogens is 460 g/mol. The number of nitrogens with zero attached hydrogens (tertiary/aromatic N) is 6. The van der Waals surface area contributed by atoms with Gasteiger partial charge in [-0.1, -0.05) is 17.7 Å². The van der Waals surface area contributed by atoms with Crippen LogP contribution in [0, 0.1) is 6.92 Å². The number of aliphatic imine (C=N–C) groups is 2. The molecule has 0 atom stereocenters. The number of aromatic nitrogens is 4. The molecule has 5 aromatic rings. The van der Waals surface area contributed by atoms with Crippen molar-refractivity contribution in [3.8, 4) is 16.8 Å². The Kier molecular flexibility index (Phi) is 5.80. The minimum atomic E-state index is 0.269. The molecule has 2 aromatic carbocycles. The van der Waals surface area contributed by atoms with Crippen molar-refractivity contribution in [2.45, 2.75) is 6.92 Å². The molecule has 4 N–H and O–H groups in total. The molecule has 35 heavy (non-hydrogen) atoms. The van der Waals surface area contributed by atoms with E-state index in [0.29, 0.717) is 16.1 Å². The Morgan fingerprint density at radius 2 is 1.91 bits per heavy atom. The van der Waals surface area contributed by atoms with Gasteiger partial charge in [-0.3, -0.25) is 24.9 Å². The lowest BCUT2D eigenvalue weighted by Crippen LogP contribution is -2.30. The fraction of sp³-hybridized carbons (Fsp3) is 0.0769. The molecule has 172 valence electrons. The van der Waals surface area contributed by atoms with Crippen LogP contribution in [0.1, 0.15) is 17.1 Å². The van der Waals surface area contributed by atoms with Crippen LogP contribution in [0.5, 0.6) is 0 Å². The number of aryl methyl sites for hydroxylation is 1. The standard InChI is InChI=1S/C26H21ClN8/c1-15-34-25-19(26(29)33-14-28)11-17(16-6-8-31-18(10-16)13-30-2)12-23(25)35(15)22-7-9-32-21-5-3-4-20(27)24(21)22/h3-14H,1-2H3,(H3,28,29,33)/p+1. The van der Waals surface area contributed by atoms with E-state index in [0.717, 1.165) is 44.8 Å². The summed E-state index contributed by atoms with van der Waals surface area (Å²) in [5.41, 5.74) is 12.8. The van der Waals surface area contributed by atoms with E-state index in [1.54, 1.807) is 25.7 Å². The molecule has 0 unspecified atom stereocenters. The highest BCUT2D eigenvalue weighted by Gasteiger charge is 2.20. The molecule has 0 saturated heterocycles. The lowest BCUT2D eigenvalue weighted by atomic mass is 10.0. The van der Waals surface area contributed by atoms with Gasteiger partial charge in [-0.25, -0.2) is 4.98 Å². The third-order valence-corrected chi connectivity index (χ3v) is 6.04. The smallest absolute Gasteiger partial charge is 0.279 e. The Morgan fingerprint density at radius 1 is 1.09 bits per heavy atom. The second-order valence-corrected chi connectivity index (χ2v) is 8.28. The van der Waals surface area contributed by atoms with Crippen molar-refractivity contribution in [3.63, 3.8) is 0 Å². The van der Waals surface area contributed by atoms with E-state index in [4.69, 9.17) is 27.7 Å². The van der Waals surface area contributed by atoms with Crippen molar-refractivity contribution in [1.29, 1.82) is 0 Å². The fourth-order valence-electron chi connectivity index (χ4n) is 4.27. The largest absolute Gasteiger partial charge is 0.362 e. The molecular formula is C26H22ClN8+. The molecule has 5 rings (SSSR count). The quantitative estimate of drug-likeness (QED) is 0.296. The van der Waals surface area contributed by atoms with Crippen LogP contribution < -0.4 is 11.1 Å². The van der Waals surface area contributed by atoms with Gasteiger partial charge in [0.05, 0.1) is 33.0 Å². The zero-order chi connectivity index (χ0) is 24.5. The molecule has 0 aliphatic rings. The van der Waals surface area contributed by atoms with Crippen LogP contribution >= 0.6 is 11.6 Å².